The van der Waals surface area contributed by atoms with Gasteiger partial charge in [-0.05, 0) is 35.9 Å². The third kappa shape index (κ3) is 4.34. The van der Waals surface area contributed by atoms with E-state index in [-0.39, 0.29) is 24.3 Å². The van der Waals surface area contributed by atoms with Crippen molar-refractivity contribution < 1.29 is 14.4 Å². The second-order valence-corrected chi connectivity index (χ2v) is 8.39. The van der Waals surface area contributed by atoms with Crippen molar-refractivity contribution in [3.05, 3.63) is 89.7 Å². The highest BCUT2D eigenvalue weighted by Crippen LogP contribution is 2.24. The Labute approximate surface area is 197 Å². The van der Waals surface area contributed by atoms with Gasteiger partial charge >= 0.3 is 0 Å². The van der Waals surface area contributed by atoms with Gasteiger partial charge in [0.05, 0.1) is 5.56 Å². The zero-order chi connectivity index (χ0) is 23.5. The van der Waals surface area contributed by atoms with Crippen LogP contribution in [0.5, 0.6) is 0 Å². The van der Waals surface area contributed by atoms with Crippen LogP contribution in [0.2, 0.25) is 0 Å². The molecule has 2 aliphatic heterocycles. The summed E-state index contributed by atoms with van der Waals surface area (Å²) in [5.74, 6) is -0.325. The molecule has 5 rings (SSSR count). The molecule has 34 heavy (non-hydrogen) atoms. The van der Waals surface area contributed by atoms with Crippen molar-refractivity contribution in [2.45, 2.75) is 6.54 Å². The lowest BCUT2D eigenvalue weighted by atomic mass is 10.1. The molecule has 1 aromatic heterocycles. The fraction of sp³-hybridized carbons (Fsp3) is 0.231. The first-order valence-electron chi connectivity index (χ1n) is 11.3. The van der Waals surface area contributed by atoms with Crippen molar-refractivity contribution in [2.75, 3.05) is 42.9 Å². The van der Waals surface area contributed by atoms with Gasteiger partial charge in [-0.25, -0.2) is 0 Å². The number of hydrogen-bond acceptors (Lipinski definition) is 5. The SMILES string of the molecule is O=C(Nc1ccncc1)c1ccccc1N1CCN(C(=O)CN2Cc3ccccc3C2=O)CC1. The summed E-state index contributed by atoms with van der Waals surface area (Å²) in [5, 5.41) is 2.91. The maximum atomic E-state index is 12.9. The van der Waals surface area contributed by atoms with E-state index in [0.717, 1.165) is 11.3 Å². The van der Waals surface area contributed by atoms with Crippen LogP contribution in [0.3, 0.4) is 0 Å². The molecule has 1 saturated heterocycles. The van der Waals surface area contributed by atoms with Gasteiger partial charge in [0.2, 0.25) is 5.91 Å². The first-order chi connectivity index (χ1) is 16.6. The van der Waals surface area contributed by atoms with Crippen LogP contribution < -0.4 is 10.2 Å². The fourth-order valence-electron chi connectivity index (χ4n) is 4.48. The van der Waals surface area contributed by atoms with E-state index in [4.69, 9.17) is 0 Å². The minimum Gasteiger partial charge on any atom is -0.367 e. The van der Waals surface area contributed by atoms with Crippen molar-refractivity contribution in [1.82, 2.24) is 14.8 Å². The predicted octanol–water partition coefficient (Wildman–Crippen LogP) is 2.64. The Morgan fingerprint density at radius 3 is 2.35 bits per heavy atom. The molecular weight excluding hydrogens is 430 g/mol. The Balaban J connectivity index is 1.20. The van der Waals surface area contributed by atoms with Crippen LogP contribution in [-0.4, -0.2) is 65.2 Å². The summed E-state index contributed by atoms with van der Waals surface area (Å²) < 4.78 is 0. The van der Waals surface area contributed by atoms with Crippen molar-refractivity contribution in [3.8, 4) is 0 Å². The van der Waals surface area contributed by atoms with Crippen LogP contribution in [-0.2, 0) is 11.3 Å². The molecule has 3 amide bonds. The third-order valence-corrected chi connectivity index (χ3v) is 6.28. The van der Waals surface area contributed by atoms with E-state index in [1.165, 1.54) is 0 Å². The highest BCUT2D eigenvalue weighted by molar-refractivity contribution is 6.08. The molecule has 8 nitrogen and oxygen atoms in total. The van der Waals surface area contributed by atoms with Crippen LogP contribution in [0, 0.1) is 0 Å². The second kappa shape index (κ2) is 9.35. The fourth-order valence-corrected chi connectivity index (χ4v) is 4.48. The molecule has 0 radical (unpaired) electrons. The number of rotatable bonds is 5. The number of pyridine rings is 1. The molecule has 0 aliphatic carbocycles. The highest BCUT2D eigenvalue weighted by atomic mass is 16.2. The largest absolute Gasteiger partial charge is 0.367 e. The lowest BCUT2D eigenvalue weighted by Crippen LogP contribution is -2.51. The predicted molar refractivity (Wildman–Crippen MR) is 129 cm³/mol. The number of fused-ring (bicyclic) bond motifs is 1. The van der Waals surface area contributed by atoms with Crippen LogP contribution >= 0.6 is 0 Å². The van der Waals surface area contributed by atoms with Crippen LogP contribution in [0.15, 0.2) is 73.1 Å². The lowest BCUT2D eigenvalue weighted by molar-refractivity contribution is -0.132. The monoisotopic (exact) mass is 455 g/mol. The van der Waals surface area contributed by atoms with Crippen LogP contribution in [0.4, 0.5) is 11.4 Å². The maximum Gasteiger partial charge on any atom is 0.257 e. The number of piperazine rings is 1. The minimum absolute atomic E-state index is 0.0514. The smallest absolute Gasteiger partial charge is 0.257 e. The van der Waals surface area contributed by atoms with Gasteiger partial charge in [0, 0.05) is 62.1 Å². The molecule has 1 N–H and O–H groups in total. The number of benzene rings is 2. The molecule has 0 bridgehead atoms. The summed E-state index contributed by atoms with van der Waals surface area (Å²) in [6.45, 7) is 2.85. The van der Waals surface area contributed by atoms with Gasteiger partial charge in [0.1, 0.15) is 6.54 Å². The van der Waals surface area contributed by atoms with Gasteiger partial charge < -0.3 is 20.0 Å². The Hall–Kier alpha value is -4.20. The Morgan fingerprint density at radius 2 is 1.59 bits per heavy atom. The minimum atomic E-state index is -0.188. The van der Waals surface area contributed by atoms with E-state index < -0.39 is 0 Å². The summed E-state index contributed by atoms with van der Waals surface area (Å²) in [6, 6.07) is 18.5. The van der Waals surface area contributed by atoms with Gasteiger partial charge in [0.15, 0.2) is 0 Å². The Morgan fingerprint density at radius 1 is 0.882 bits per heavy atom. The molecule has 1 fully saturated rings. The summed E-state index contributed by atoms with van der Waals surface area (Å²) in [7, 11) is 0. The van der Waals surface area contributed by atoms with E-state index in [1.54, 1.807) is 40.4 Å². The third-order valence-electron chi connectivity index (χ3n) is 6.28. The van der Waals surface area contributed by atoms with Gasteiger partial charge in [-0.2, -0.15) is 0 Å². The standard InChI is InChI=1S/C26H25N5O3/c32-24(18-31-17-19-5-1-2-6-21(19)26(31)34)30-15-13-29(14-16-30)23-8-4-3-7-22(23)25(33)28-20-9-11-27-12-10-20/h1-12H,13-18H2,(H,27,28,33). The molecule has 2 aromatic carbocycles. The van der Waals surface area contributed by atoms with E-state index in [0.29, 0.717) is 49.5 Å². The quantitative estimate of drug-likeness (QED) is 0.639. The van der Waals surface area contributed by atoms with Crippen molar-refractivity contribution in [1.29, 1.82) is 0 Å². The number of anilines is 2. The highest BCUT2D eigenvalue weighted by Gasteiger charge is 2.31. The molecule has 8 heteroatoms. The van der Waals surface area contributed by atoms with Gasteiger partial charge in [-0.3, -0.25) is 19.4 Å². The first-order valence-corrected chi connectivity index (χ1v) is 11.3. The maximum absolute atomic E-state index is 12.9. The molecule has 0 saturated carbocycles. The lowest BCUT2D eigenvalue weighted by Gasteiger charge is -2.37. The van der Waals surface area contributed by atoms with Crippen molar-refractivity contribution in [2.24, 2.45) is 0 Å². The van der Waals surface area contributed by atoms with Crippen molar-refractivity contribution >= 4 is 29.1 Å². The zero-order valence-corrected chi connectivity index (χ0v) is 18.7. The van der Waals surface area contributed by atoms with E-state index in [9.17, 15) is 14.4 Å². The number of carbonyl (C=O) groups is 3. The molecule has 0 atom stereocenters. The molecule has 0 spiro atoms. The number of nitrogens with zero attached hydrogens (tertiary/aromatic N) is 4. The van der Waals surface area contributed by atoms with Gasteiger partial charge in [-0.15, -0.1) is 0 Å². The first kappa shape index (κ1) is 21.6. The van der Waals surface area contributed by atoms with E-state index >= 15 is 0 Å². The second-order valence-electron chi connectivity index (χ2n) is 8.39. The summed E-state index contributed by atoms with van der Waals surface area (Å²) in [4.78, 5) is 47.9. The average molecular weight is 456 g/mol. The molecule has 3 heterocycles. The number of amides is 3. The molecular formula is C26H25N5O3. The average Bonchev–Trinajstić information content (AvgIpc) is 3.20. The van der Waals surface area contributed by atoms with Gasteiger partial charge in [0.25, 0.3) is 11.8 Å². The number of para-hydroxylation sites is 1. The van der Waals surface area contributed by atoms with E-state index in [2.05, 4.69) is 15.2 Å². The van der Waals surface area contributed by atoms with Crippen LogP contribution in [0.1, 0.15) is 26.3 Å². The molecule has 2 aliphatic rings. The van der Waals surface area contributed by atoms with Crippen molar-refractivity contribution in [3.63, 3.8) is 0 Å². The van der Waals surface area contributed by atoms with E-state index in [1.807, 2.05) is 42.5 Å². The summed E-state index contributed by atoms with van der Waals surface area (Å²) in [5.41, 5.74) is 3.75. The van der Waals surface area contributed by atoms with Crippen LogP contribution in [0.25, 0.3) is 0 Å². The van der Waals surface area contributed by atoms with Gasteiger partial charge in [-0.1, -0.05) is 30.3 Å². The number of nitrogens with one attached hydrogen (secondary N) is 1. The summed E-state index contributed by atoms with van der Waals surface area (Å²) in [6.07, 6.45) is 3.26. The number of carbonyl (C=O) groups excluding carboxylic acids is 3. The Kier molecular flexibility index (Phi) is 5.95. The molecule has 0 unspecified atom stereocenters. The molecule has 3 aromatic rings. The zero-order valence-electron chi connectivity index (χ0n) is 18.7. The number of aromatic nitrogens is 1. The molecule has 172 valence electrons. The topological polar surface area (TPSA) is 85.8 Å². The normalized spacial score (nSPS) is 15.3. The Bertz CT molecular complexity index is 1220. The summed E-state index contributed by atoms with van der Waals surface area (Å²) >= 11 is 0. The number of hydrogen-bond donors (Lipinski definition) is 1.